The molecular formula is C14H12N2O2S. The molecule has 0 aliphatic heterocycles. The van der Waals surface area contributed by atoms with Gasteiger partial charge in [0.15, 0.2) is 9.84 Å². The number of fused-ring (bicyclic) bond motifs is 1. The Labute approximate surface area is 111 Å². The number of nitrogens with zero attached hydrogens (tertiary/aromatic N) is 1. The molecule has 3 aromatic rings. The Kier molecular flexibility index (Phi) is 2.64. The molecule has 1 aromatic carbocycles. The van der Waals surface area contributed by atoms with Crippen LogP contribution in [0.15, 0.2) is 53.7 Å². The monoisotopic (exact) mass is 272 g/mol. The molecule has 0 saturated carbocycles. The maximum atomic E-state index is 11.5. The number of hydrogen-bond donors (Lipinski definition) is 1. The molecule has 0 aliphatic carbocycles. The molecule has 0 aliphatic rings. The molecule has 2 heterocycles. The molecule has 19 heavy (non-hydrogen) atoms. The highest BCUT2D eigenvalue weighted by atomic mass is 32.2. The van der Waals surface area contributed by atoms with Crippen LogP contribution in [0.2, 0.25) is 0 Å². The maximum absolute atomic E-state index is 11.5. The summed E-state index contributed by atoms with van der Waals surface area (Å²) in [6.07, 6.45) is 4.66. The summed E-state index contributed by atoms with van der Waals surface area (Å²) in [5.74, 6) is 0. The zero-order valence-corrected chi connectivity index (χ0v) is 11.1. The largest absolute Gasteiger partial charge is 0.355 e. The number of hydrogen-bond acceptors (Lipinski definition) is 3. The first kappa shape index (κ1) is 11.9. The van der Waals surface area contributed by atoms with Gasteiger partial charge in [-0.05, 0) is 36.4 Å². The molecule has 0 bridgehead atoms. The molecule has 0 saturated heterocycles. The van der Waals surface area contributed by atoms with Gasteiger partial charge in [-0.3, -0.25) is 4.98 Å². The Morgan fingerprint density at radius 1 is 1.05 bits per heavy atom. The lowest BCUT2D eigenvalue weighted by atomic mass is 10.2. The minimum Gasteiger partial charge on any atom is -0.355 e. The van der Waals surface area contributed by atoms with Crippen molar-refractivity contribution in [1.29, 1.82) is 0 Å². The third kappa shape index (κ3) is 2.24. The number of aromatic nitrogens is 2. The molecule has 0 radical (unpaired) electrons. The summed E-state index contributed by atoms with van der Waals surface area (Å²) < 4.78 is 23.1. The van der Waals surface area contributed by atoms with Gasteiger partial charge in [0, 0.05) is 40.8 Å². The van der Waals surface area contributed by atoms with Crippen LogP contribution in [0.25, 0.3) is 22.2 Å². The Morgan fingerprint density at radius 2 is 1.79 bits per heavy atom. The lowest BCUT2D eigenvalue weighted by Gasteiger charge is -1.97. The Hall–Kier alpha value is -2.14. The fourth-order valence-electron chi connectivity index (χ4n) is 2.03. The molecule has 0 amide bonds. The molecule has 5 heteroatoms. The van der Waals surface area contributed by atoms with E-state index in [1.54, 1.807) is 30.6 Å². The van der Waals surface area contributed by atoms with Crippen LogP contribution >= 0.6 is 0 Å². The molecule has 0 atom stereocenters. The number of benzene rings is 1. The maximum Gasteiger partial charge on any atom is 0.175 e. The SMILES string of the molecule is CS(=O)(=O)c1ccc2[nH]c(-c3ccncc3)cc2c1. The summed E-state index contributed by atoms with van der Waals surface area (Å²) in [5, 5.41) is 0.884. The zero-order valence-electron chi connectivity index (χ0n) is 10.3. The van der Waals surface area contributed by atoms with E-state index in [2.05, 4.69) is 9.97 Å². The number of pyridine rings is 1. The van der Waals surface area contributed by atoms with Gasteiger partial charge in [-0.1, -0.05) is 0 Å². The molecule has 0 fully saturated rings. The molecule has 96 valence electrons. The predicted molar refractivity (Wildman–Crippen MR) is 74.6 cm³/mol. The lowest BCUT2D eigenvalue weighted by Crippen LogP contribution is -1.95. The number of aromatic amines is 1. The van der Waals surface area contributed by atoms with Crippen molar-refractivity contribution in [3.8, 4) is 11.3 Å². The van der Waals surface area contributed by atoms with E-state index in [0.29, 0.717) is 4.90 Å². The van der Waals surface area contributed by atoms with Crippen molar-refractivity contribution >= 4 is 20.7 Å². The standard InChI is InChI=1S/C14H12N2O2S/c1-19(17,18)12-2-3-13-11(8-12)9-14(16-13)10-4-6-15-7-5-10/h2-9,16H,1H3. The van der Waals surface area contributed by atoms with E-state index in [-0.39, 0.29) is 0 Å². The lowest BCUT2D eigenvalue weighted by molar-refractivity contribution is 0.602. The molecular weight excluding hydrogens is 260 g/mol. The molecule has 3 rings (SSSR count). The fourth-order valence-corrected chi connectivity index (χ4v) is 2.68. The van der Waals surface area contributed by atoms with Crippen LogP contribution in [0.3, 0.4) is 0 Å². The van der Waals surface area contributed by atoms with E-state index >= 15 is 0 Å². The van der Waals surface area contributed by atoms with Gasteiger partial charge in [0.25, 0.3) is 0 Å². The van der Waals surface area contributed by atoms with E-state index in [0.717, 1.165) is 22.2 Å². The van der Waals surface area contributed by atoms with Crippen LogP contribution in [0, 0.1) is 0 Å². The van der Waals surface area contributed by atoms with Crippen molar-refractivity contribution in [2.45, 2.75) is 4.90 Å². The zero-order chi connectivity index (χ0) is 13.5. The van der Waals surface area contributed by atoms with Crippen LogP contribution in [-0.2, 0) is 9.84 Å². The van der Waals surface area contributed by atoms with Crippen molar-refractivity contribution in [3.05, 3.63) is 48.8 Å². The smallest absolute Gasteiger partial charge is 0.175 e. The van der Waals surface area contributed by atoms with Crippen molar-refractivity contribution in [3.63, 3.8) is 0 Å². The van der Waals surface area contributed by atoms with Gasteiger partial charge in [0.2, 0.25) is 0 Å². The van der Waals surface area contributed by atoms with Crippen LogP contribution < -0.4 is 0 Å². The van der Waals surface area contributed by atoms with Crippen molar-refractivity contribution < 1.29 is 8.42 Å². The highest BCUT2D eigenvalue weighted by Crippen LogP contribution is 2.25. The van der Waals surface area contributed by atoms with E-state index in [1.807, 2.05) is 18.2 Å². The third-order valence-electron chi connectivity index (χ3n) is 3.01. The molecule has 2 aromatic heterocycles. The van der Waals surface area contributed by atoms with Gasteiger partial charge in [0.1, 0.15) is 0 Å². The number of nitrogens with one attached hydrogen (secondary N) is 1. The normalized spacial score (nSPS) is 11.8. The van der Waals surface area contributed by atoms with Gasteiger partial charge in [-0.2, -0.15) is 0 Å². The molecule has 4 nitrogen and oxygen atoms in total. The van der Waals surface area contributed by atoms with Crippen LogP contribution in [0.4, 0.5) is 0 Å². The average molecular weight is 272 g/mol. The van der Waals surface area contributed by atoms with Gasteiger partial charge < -0.3 is 4.98 Å². The first-order valence-corrected chi connectivity index (χ1v) is 7.66. The second-order valence-corrected chi connectivity index (χ2v) is 6.46. The van der Waals surface area contributed by atoms with E-state index < -0.39 is 9.84 Å². The number of H-pyrrole nitrogens is 1. The van der Waals surface area contributed by atoms with Crippen LogP contribution in [-0.4, -0.2) is 24.6 Å². The second kappa shape index (κ2) is 4.20. The van der Waals surface area contributed by atoms with E-state index in [9.17, 15) is 8.42 Å². The molecule has 0 spiro atoms. The Morgan fingerprint density at radius 3 is 2.47 bits per heavy atom. The fraction of sp³-hybridized carbons (Fsp3) is 0.0714. The summed E-state index contributed by atoms with van der Waals surface area (Å²) in [5.41, 5.74) is 2.88. The summed E-state index contributed by atoms with van der Waals surface area (Å²) in [6.45, 7) is 0. The third-order valence-corrected chi connectivity index (χ3v) is 4.12. The Balaban J connectivity index is 2.17. The van der Waals surface area contributed by atoms with E-state index in [4.69, 9.17) is 0 Å². The van der Waals surface area contributed by atoms with Gasteiger partial charge >= 0.3 is 0 Å². The summed E-state index contributed by atoms with van der Waals surface area (Å²) >= 11 is 0. The topological polar surface area (TPSA) is 62.8 Å². The van der Waals surface area contributed by atoms with Crippen molar-refractivity contribution in [2.24, 2.45) is 0 Å². The molecule has 0 unspecified atom stereocenters. The summed E-state index contributed by atoms with van der Waals surface area (Å²) in [6, 6.07) is 10.8. The first-order chi connectivity index (χ1) is 9.04. The summed E-state index contributed by atoms with van der Waals surface area (Å²) in [7, 11) is -3.17. The highest BCUT2D eigenvalue weighted by molar-refractivity contribution is 7.90. The number of sulfone groups is 1. The minimum atomic E-state index is -3.17. The summed E-state index contributed by atoms with van der Waals surface area (Å²) in [4.78, 5) is 7.58. The predicted octanol–water partition coefficient (Wildman–Crippen LogP) is 2.63. The quantitative estimate of drug-likeness (QED) is 0.780. The van der Waals surface area contributed by atoms with Crippen molar-refractivity contribution in [1.82, 2.24) is 9.97 Å². The Bertz CT molecular complexity index is 836. The van der Waals surface area contributed by atoms with Gasteiger partial charge in [-0.15, -0.1) is 0 Å². The minimum absolute atomic E-state index is 0.334. The highest BCUT2D eigenvalue weighted by Gasteiger charge is 2.09. The van der Waals surface area contributed by atoms with Gasteiger partial charge in [-0.25, -0.2) is 8.42 Å². The van der Waals surface area contributed by atoms with Crippen LogP contribution in [0.1, 0.15) is 0 Å². The average Bonchev–Trinajstić information content (AvgIpc) is 2.81. The van der Waals surface area contributed by atoms with Gasteiger partial charge in [0.05, 0.1) is 4.90 Å². The molecule has 1 N–H and O–H groups in total. The number of rotatable bonds is 2. The first-order valence-electron chi connectivity index (χ1n) is 5.77. The van der Waals surface area contributed by atoms with Crippen molar-refractivity contribution in [2.75, 3.05) is 6.26 Å². The van der Waals surface area contributed by atoms with E-state index in [1.165, 1.54) is 6.26 Å². The van der Waals surface area contributed by atoms with Crippen LogP contribution in [0.5, 0.6) is 0 Å². The second-order valence-electron chi connectivity index (χ2n) is 4.44.